The number of nitriles is 1. The summed E-state index contributed by atoms with van der Waals surface area (Å²) >= 11 is 6.05. The van der Waals surface area contributed by atoms with Crippen LogP contribution in [0.4, 0.5) is 0 Å². The Hall–Kier alpha value is -2.05. The van der Waals surface area contributed by atoms with E-state index in [9.17, 15) is 0 Å². The molecule has 0 aliphatic heterocycles. The number of pyridine rings is 1. The van der Waals surface area contributed by atoms with Crippen LogP contribution in [0.1, 0.15) is 30.9 Å². The van der Waals surface area contributed by atoms with Crippen molar-refractivity contribution in [1.82, 2.24) is 4.98 Å². The fourth-order valence-electron chi connectivity index (χ4n) is 1.80. The number of nitrogens with zero attached hydrogens (tertiary/aromatic N) is 2. The second kappa shape index (κ2) is 6.93. The fourth-order valence-corrected chi connectivity index (χ4v) is 1.99. The van der Waals surface area contributed by atoms with E-state index in [-0.39, 0.29) is 10.9 Å². The van der Waals surface area contributed by atoms with Crippen molar-refractivity contribution in [3.8, 4) is 17.7 Å². The third-order valence-corrected chi connectivity index (χ3v) is 3.30. The quantitative estimate of drug-likeness (QED) is 0.797. The Kier molecular flexibility index (Phi) is 4.97. The van der Waals surface area contributed by atoms with E-state index in [1.165, 1.54) is 24.6 Å². The van der Waals surface area contributed by atoms with Crippen molar-refractivity contribution in [1.29, 1.82) is 5.26 Å². The number of unbranched alkanes of at least 4 members (excludes halogenated alkanes) is 1. The molecule has 0 aliphatic rings. The SMILES string of the molecule is CCCCc1ccc(Oc2nccc(C#N)c2Cl)cc1. The normalized spacial score (nSPS) is 10.1. The summed E-state index contributed by atoms with van der Waals surface area (Å²) in [5.74, 6) is 0.918. The first-order chi connectivity index (χ1) is 9.74. The number of hydrogen-bond acceptors (Lipinski definition) is 3. The predicted molar refractivity (Wildman–Crippen MR) is 79.1 cm³/mol. The Labute approximate surface area is 123 Å². The van der Waals surface area contributed by atoms with Gasteiger partial charge in [-0.15, -0.1) is 0 Å². The van der Waals surface area contributed by atoms with Crippen molar-refractivity contribution < 1.29 is 4.74 Å². The second-order valence-corrected chi connectivity index (χ2v) is 4.82. The molecule has 1 aromatic carbocycles. The van der Waals surface area contributed by atoms with Gasteiger partial charge in [0.1, 0.15) is 16.8 Å². The lowest BCUT2D eigenvalue weighted by Crippen LogP contribution is -1.91. The van der Waals surface area contributed by atoms with E-state index in [1.807, 2.05) is 30.3 Å². The first-order valence-electron chi connectivity index (χ1n) is 6.56. The van der Waals surface area contributed by atoms with Gasteiger partial charge in [-0.3, -0.25) is 0 Å². The number of halogens is 1. The highest BCUT2D eigenvalue weighted by molar-refractivity contribution is 6.33. The van der Waals surface area contributed by atoms with E-state index >= 15 is 0 Å². The van der Waals surface area contributed by atoms with Crippen molar-refractivity contribution in [2.75, 3.05) is 0 Å². The molecule has 2 aromatic rings. The van der Waals surface area contributed by atoms with Gasteiger partial charge in [0.05, 0.1) is 5.56 Å². The van der Waals surface area contributed by atoms with Gasteiger partial charge in [-0.25, -0.2) is 4.98 Å². The van der Waals surface area contributed by atoms with Crippen molar-refractivity contribution in [2.45, 2.75) is 26.2 Å². The second-order valence-electron chi connectivity index (χ2n) is 4.44. The molecule has 0 spiro atoms. The predicted octanol–water partition coefficient (Wildman–Crippen LogP) is 4.74. The largest absolute Gasteiger partial charge is 0.437 e. The Bertz CT molecular complexity index is 617. The van der Waals surface area contributed by atoms with E-state index in [0.717, 1.165) is 6.42 Å². The molecule has 102 valence electrons. The minimum absolute atomic E-state index is 0.241. The van der Waals surface area contributed by atoms with Crippen molar-refractivity contribution in [3.63, 3.8) is 0 Å². The minimum atomic E-state index is 0.241. The molecule has 2 rings (SSSR count). The van der Waals surface area contributed by atoms with Gasteiger partial charge in [-0.05, 0) is 36.6 Å². The van der Waals surface area contributed by atoms with Crippen LogP contribution in [0, 0.1) is 11.3 Å². The highest BCUT2D eigenvalue weighted by atomic mass is 35.5. The van der Waals surface area contributed by atoms with Gasteiger partial charge in [0, 0.05) is 6.20 Å². The Balaban J connectivity index is 2.13. The molecule has 0 unspecified atom stereocenters. The van der Waals surface area contributed by atoms with Gasteiger partial charge in [-0.2, -0.15) is 5.26 Å². The Morgan fingerprint density at radius 2 is 2.00 bits per heavy atom. The van der Waals surface area contributed by atoms with Crippen LogP contribution in [0.3, 0.4) is 0 Å². The molecule has 0 aliphatic carbocycles. The minimum Gasteiger partial charge on any atom is -0.437 e. The number of ether oxygens (including phenoxy) is 1. The van der Waals surface area contributed by atoms with Gasteiger partial charge in [0.25, 0.3) is 0 Å². The summed E-state index contributed by atoms with van der Waals surface area (Å²) in [4.78, 5) is 4.05. The van der Waals surface area contributed by atoms with Crippen molar-refractivity contribution in [2.24, 2.45) is 0 Å². The van der Waals surface area contributed by atoms with Gasteiger partial charge in [0.15, 0.2) is 0 Å². The van der Waals surface area contributed by atoms with Crippen LogP contribution in [-0.2, 0) is 6.42 Å². The zero-order chi connectivity index (χ0) is 14.4. The molecule has 0 bridgehead atoms. The van der Waals surface area contributed by atoms with E-state index in [4.69, 9.17) is 21.6 Å². The van der Waals surface area contributed by atoms with E-state index in [1.54, 1.807) is 6.07 Å². The molecule has 1 heterocycles. The zero-order valence-electron chi connectivity index (χ0n) is 11.3. The molecule has 0 radical (unpaired) electrons. The highest BCUT2D eigenvalue weighted by Crippen LogP contribution is 2.29. The monoisotopic (exact) mass is 286 g/mol. The standard InChI is InChI=1S/C16H15ClN2O/c1-2-3-4-12-5-7-14(8-6-12)20-16-15(17)13(11-18)9-10-19-16/h5-10H,2-4H2,1H3. The average molecular weight is 287 g/mol. The van der Waals surface area contributed by atoms with Crippen LogP contribution in [0.25, 0.3) is 0 Å². The summed E-state index contributed by atoms with van der Waals surface area (Å²) < 4.78 is 5.62. The van der Waals surface area contributed by atoms with Gasteiger partial charge >= 0.3 is 0 Å². The lowest BCUT2D eigenvalue weighted by atomic mass is 10.1. The molecular weight excluding hydrogens is 272 g/mol. The third-order valence-electron chi connectivity index (χ3n) is 2.93. The van der Waals surface area contributed by atoms with Crippen LogP contribution in [0.15, 0.2) is 36.5 Å². The molecule has 3 nitrogen and oxygen atoms in total. The van der Waals surface area contributed by atoms with E-state index in [0.29, 0.717) is 11.3 Å². The van der Waals surface area contributed by atoms with Crippen LogP contribution < -0.4 is 4.74 Å². The van der Waals surface area contributed by atoms with Gasteiger partial charge < -0.3 is 4.74 Å². The van der Waals surface area contributed by atoms with Crippen LogP contribution >= 0.6 is 11.6 Å². The highest BCUT2D eigenvalue weighted by Gasteiger charge is 2.09. The number of rotatable bonds is 5. The molecule has 1 aromatic heterocycles. The summed E-state index contributed by atoms with van der Waals surface area (Å²) in [6.07, 6.45) is 4.94. The summed E-state index contributed by atoms with van der Waals surface area (Å²) in [6.45, 7) is 2.17. The summed E-state index contributed by atoms with van der Waals surface area (Å²) in [7, 11) is 0. The molecule has 0 atom stereocenters. The van der Waals surface area contributed by atoms with Crippen molar-refractivity contribution >= 4 is 11.6 Å². The van der Waals surface area contributed by atoms with E-state index < -0.39 is 0 Å². The number of aromatic nitrogens is 1. The molecule has 0 fully saturated rings. The molecule has 0 saturated heterocycles. The maximum Gasteiger partial charge on any atom is 0.239 e. The maximum atomic E-state index is 8.91. The number of hydrogen-bond donors (Lipinski definition) is 0. The van der Waals surface area contributed by atoms with Gasteiger partial charge in [0.2, 0.25) is 5.88 Å². The Morgan fingerprint density at radius 3 is 2.65 bits per heavy atom. The van der Waals surface area contributed by atoms with Crippen LogP contribution in [-0.4, -0.2) is 4.98 Å². The smallest absolute Gasteiger partial charge is 0.239 e. The van der Waals surface area contributed by atoms with E-state index in [2.05, 4.69) is 11.9 Å². The fraction of sp³-hybridized carbons (Fsp3) is 0.250. The summed E-state index contributed by atoms with van der Waals surface area (Å²) in [5, 5.41) is 9.15. The summed E-state index contributed by atoms with van der Waals surface area (Å²) in [5.41, 5.74) is 1.64. The Morgan fingerprint density at radius 1 is 1.25 bits per heavy atom. The molecule has 4 heteroatoms. The molecular formula is C16H15ClN2O. The third kappa shape index (κ3) is 3.49. The molecule has 20 heavy (non-hydrogen) atoms. The first-order valence-corrected chi connectivity index (χ1v) is 6.93. The summed E-state index contributed by atoms with van der Waals surface area (Å²) in [6, 6.07) is 11.4. The topological polar surface area (TPSA) is 45.9 Å². The maximum absolute atomic E-state index is 8.91. The number of aryl methyl sites for hydroxylation is 1. The lowest BCUT2D eigenvalue weighted by Gasteiger charge is -2.07. The first kappa shape index (κ1) is 14.4. The van der Waals surface area contributed by atoms with Crippen molar-refractivity contribution in [3.05, 3.63) is 52.7 Å². The molecule has 0 amide bonds. The molecule has 0 N–H and O–H groups in total. The van der Waals surface area contributed by atoms with Crippen LogP contribution in [0.5, 0.6) is 11.6 Å². The van der Waals surface area contributed by atoms with Gasteiger partial charge in [-0.1, -0.05) is 37.1 Å². The average Bonchev–Trinajstić information content (AvgIpc) is 2.48. The zero-order valence-corrected chi connectivity index (χ0v) is 12.0. The molecule has 0 saturated carbocycles. The lowest BCUT2D eigenvalue weighted by molar-refractivity contribution is 0.463. The number of benzene rings is 1. The van der Waals surface area contributed by atoms with Crippen LogP contribution in [0.2, 0.25) is 5.02 Å².